The first-order chi connectivity index (χ1) is 6.97. The van der Waals surface area contributed by atoms with E-state index in [1.165, 1.54) is 0 Å². The van der Waals surface area contributed by atoms with Crippen LogP contribution in [-0.2, 0) is 10.2 Å². The van der Waals surface area contributed by atoms with E-state index in [0.717, 1.165) is 12.1 Å². The zero-order valence-electron chi connectivity index (χ0n) is 7.56. The van der Waals surface area contributed by atoms with Crippen molar-refractivity contribution in [2.24, 2.45) is 0 Å². The van der Waals surface area contributed by atoms with Crippen LogP contribution in [0.2, 0.25) is 0 Å². The Balaban J connectivity index is 2.54. The highest BCUT2D eigenvalue weighted by molar-refractivity contribution is 9.10. The van der Waals surface area contributed by atoms with Crippen molar-refractivity contribution in [2.45, 2.75) is 18.3 Å². The van der Waals surface area contributed by atoms with E-state index in [2.05, 4.69) is 15.9 Å². The Labute approximate surface area is 93.0 Å². The maximum absolute atomic E-state index is 13.5. The van der Waals surface area contributed by atoms with E-state index in [1.54, 1.807) is 0 Å². The van der Waals surface area contributed by atoms with Gasteiger partial charge < -0.3 is 5.11 Å². The molecule has 2 nitrogen and oxygen atoms in total. The maximum Gasteiger partial charge on any atom is 0.314 e. The van der Waals surface area contributed by atoms with Gasteiger partial charge in [-0.15, -0.1) is 0 Å². The number of rotatable bonds is 2. The third-order valence-corrected chi connectivity index (χ3v) is 3.29. The Bertz CT molecular complexity index is 441. The van der Waals surface area contributed by atoms with Crippen molar-refractivity contribution in [3.63, 3.8) is 0 Å². The van der Waals surface area contributed by atoms with Crippen molar-refractivity contribution in [3.8, 4) is 0 Å². The van der Waals surface area contributed by atoms with Crippen molar-refractivity contribution >= 4 is 21.9 Å². The van der Waals surface area contributed by atoms with Crippen LogP contribution in [0.25, 0.3) is 0 Å². The molecule has 0 saturated heterocycles. The summed E-state index contributed by atoms with van der Waals surface area (Å²) >= 11 is 2.84. The van der Waals surface area contributed by atoms with Gasteiger partial charge in [0.25, 0.3) is 0 Å². The van der Waals surface area contributed by atoms with Gasteiger partial charge in [0.15, 0.2) is 0 Å². The zero-order valence-corrected chi connectivity index (χ0v) is 9.14. The van der Waals surface area contributed by atoms with Gasteiger partial charge in [0.05, 0.1) is 9.89 Å². The number of hydrogen-bond donors (Lipinski definition) is 1. The molecule has 0 aliphatic heterocycles. The van der Waals surface area contributed by atoms with Gasteiger partial charge in [0, 0.05) is 5.56 Å². The average molecular weight is 277 g/mol. The minimum absolute atomic E-state index is 0.00457. The lowest BCUT2D eigenvalue weighted by atomic mass is 9.95. The van der Waals surface area contributed by atoms with E-state index in [0.29, 0.717) is 12.8 Å². The molecule has 80 valence electrons. The van der Waals surface area contributed by atoms with E-state index >= 15 is 0 Å². The van der Waals surface area contributed by atoms with E-state index in [-0.39, 0.29) is 10.0 Å². The van der Waals surface area contributed by atoms with Gasteiger partial charge in [-0.05, 0) is 40.9 Å². The quantitative estimate of drug-likeness (QED) is 0.844. The number of hydrogen-bond acceptors (Lipinski definition) is 1. The highest BCUT2D eigenvalue weighted by Crippen LogP contribution is 2.49. The molecular formula is C10H7BrF2O2. The average Bonchev–Trinajstić information content (AvgIpc) is 2.92. The summed E-state index contributed by atoms with van der Waals surface area (Å²) in [5.41, 5.74) is -1.26. The Morgan fingerprint density at radius 2 is 1.93 bits per heavy atom. The normalized spacial score (nSPS) is 17.5. The van der Waals surface area contributed by atoms with E-state index < -0.39 is 23.0 Å². The van der Waals surface area contributed by atoms with E-state index in [9.17, 15) is 13.6 Å². The molecule has 1 saturated carbocycles. The summed E-state index contributed by atoms with van der Waals surface area (Å²) < 4.78 is 26.6. The van der Waals surface area contributed by atoms with Crippen LogP contribution in [0.3, 0.4) is 0 Å². The summed E-state index contributed by atoms with van der Waals surface area (Å²) in [6.45, 7) is 0. The summed E-state index contributed by atoms with van der Waals surface area (Å²) in [6, 6.07) is 1.92. The second kappa shape index (κ2) is 3.27. The molecular weight excluding hydrogens is 270 g/mol. The molecule has 0 heterocycles. The van der Waals surface area contributed by atoms with Gasteiger partial charge in [-0.1, -0.05) is 0 Å². The Morgan fingerprint density at radius 1 is 1.33 bits per heavy atom. The fraction of sp³-hybridized carbons (Fsp3) is 0.300. The second-order valence-corrected chi connectivity index (χ2v) is 4.49. The molecule has 1 N–H and O–H groups in total. The fourth-order valence-corrected chi connectivity index (χ4v) is 1.93. The first-order valence-electron chi connectivity index (χ1n) is 4.36. The molecule has 1 aliphatic carbocycles. The number of halogens is 3. The Hall–Kier alpha value is -0.970. The summed E-state index contributed by atoms with van der Waals surface area (Å²) in [6.07, 6.45) is 0.723. The summed E-state index contributed by atoms with van der Waals surface area (Å²) in [5, 5.41) is 8.94. The largest absolute Gasteiger partial charge is 0.481 e. The van der Waals surface area contributed by atoms with E-state index in [1.807, 2.05) is 0 Å². The summed E-state index contributed by atoms with van der Waals surface area (Å²) in [5.74, 6) is -2.41. The molecule has 0 amide bonds. The van der Waals surface area contributed by atoms with Crippen LogP contribution in [0.4, 0.5) is 8.78 Å². The molecule has 1 aliphatic rings. The van der Waals surface area contributed by atoms with Gasteiger partial charge in [-0.2, -0.15) is 0 Å². The molecule has 0 unspecified atom stereocenters. The van der Waals surface area contributed by atoms with Crippen LogP contribution in [0.5, 0.6) is 0 Å². The second-order valence-electron chi connectivity index (χ2n) is 3.63. The fourth-order valence-electron chi connectivity index (χ4n) is 1.61. The highest BCUT2D eigenvalue weighted by atomic mass is 79.9. The number of carboxylic acids is 1. The molecule has 0 atom stereocenters. The smallest absolute Gasteiger partial charge is 0.314 e. The van der Waals surface area contributed by atoms with Crippen LogP contribution in [0, 0.1) is 11.6 Å². The van der Waals surface area contributed by atoms with E-state index in [4.69, 9.17) is 5.11 Å². The number of aliphatic carboxylic acids is 1. The van der Waals surface area contributed by atoms with Gasteiger partial charge in [-0.3, -0.25) is 4.79 Å². The lowest BCUT2D eigenvalue weighted by Gasteiger charge is -2.11. The number of benzene rings is 1. The summed E-state index contributed by atoms with van der Waals surface area (Å²) in [4.78, 5) is 10.9. The van der Waals surface area contributed by atoms with Gasteiger partial charge in [0.2, 0.25) is 0 Å². The van der Waals surface area contributed by atoms with Crippen LogP contribution >= 0.6 is 15.9 Å². The molecule has 15 heavy (non-hydrogen) atoms. The Kier molecular flexibility index (Phi) is 2.30. The van der Waals surface area contributed by atoms with Crippen molar-refractivity contribution < 1.29 is 18.7 Å². The summed E-state index contributed by atoms with van der Waals surface area (Å²) in [7, 11) is 0. The molecule has 0 radical (unpaired) electrons. The molecule has 1 aromatic carbocycles. The standard InChI is InChI=1S/C10H7BrF2O2/c11-6-4-7(12)5(3-8(6)13)10(1-2-10)9(14)15/h3-4H,1-2H2,(H,14,15). The maximum atomic E-state index is 13.5. The Morgan fingerprint density at radius 3 is 2.40 bits per heavy atom. The van der Waals surface area contributed by atoms with Crippen molar-refractivity contribution in [2.75, 3.05) is 0 Å². The minimum Gasteiger partial charge on any atom is -0.481 e. The first-order valence-corrected chi connectivity index (χ1v) is 5.15. The third kappa shape index (κ3) is 1.55. The first kappa shape index (κ1) is 10.5. The molecule has 2 rings (SSSR count). The molecule has 1 fully saturated rings. The molecule has 5 heteroatoms. The lowest BCUT2D eigenvalue weighted by molar-refractivity contribution is -0.140. The molecule has 0 aromatic heterocycles. The van der Waals surface area contributed by atoms with Crippen molar-refractivity contribution in [1.82, 2.24) is 0 Å². The monoisotopic (exact) mass is 276 g/mol. The van der Waals surface area contributed by atoms with Crippen LogP contribution in [-0.4, -0.2) is 11.1 Å². The van der Waals surface area contributed by atoms with Gasteiger partial charge >= 0.3 is 5.97 Å². The van der Waals surface area contributed by atoms with Crippen molar-refractivity contribution in [1.29, 1.82) is 0 Å². The van der Waals surface area contributed by atoms with Crippen LogP contribution in [0.15, 0.2) is 16.6 Å². The SMILES string of the molecule is O=C(O)C1(c2cc(F)c(Br)cc2F)CC1. The third-order valence-electron chi connectivity index (χ3n) is 2.68. The number of carbonyl (C=O) groups is 1. The minimum atomic E-state index is -1.20. The molecule has 0 spiro atoms. The van der Waals surface area contributed by atoms with Gasteiger partial charge in [0.1, 0.15) is 11.6 Å². The zero-order chi connectivity index (χ0) is 11.2. The van der Waals surface area contributed by atoms with Crippen molar-refractivity contribution in [3.05, 3.63) is 33.8 Å². The van der Waals surface area contributed by atoms with Crippen LogP contribution < -0.4 is 0 Å². The predicted molar refractivity (Wildman–Crippen MR) is 52.6 cm³/mol. The predicted octanol–water partition coefficient (Wildman–Crippen LogP) is 2.84. The molecule has 0 bridgehead atoms. The molecule has 1 aromatic rings. The van der Waals surface area contributed by atoms with Crippen LogP contribution in [0.1, 0.15) is 18.4 Å². The topological polar surface area (TPSA) is 37.3 Å². The lowest BCUT2D eigenvalue weighted by Crippen LogP contribution is -2.21. The number of carboxylic acid groups (broad SMARTS) is 1. The van der Waals surface area contributed by atoms with Gasteiger partial charge in [-0.25, -0.2) is 8.78 Å². The highest BCUT2D eigenvalue weighted by Gasteiger charge is 2.53.